The van der Waals surface area contributed by atoms with Crippen LogP contribution < -0.4 is 10.5 Å². The number of rotatable bonds is 5. The zero-order chi connectivity index (χ0) is 18.0. The summed E-state index contributed by atoms with van der Waals surface area (Å²) in [4.78, 5) is 10.7. The van der Waals surface area contributed by atoms with Crippen LogP contribution in [0.5, 0.6) is 17.2 Å². The summed E-state index contributed by atoms with van der Waals surface area (Å²) in [7, 11) is 0. The molecule has 1 atom stereocenters. The van der Waals surface area contributed by atoms with Gasteiger partial charge in [-0.3, -0.25) is 4.79 Å². The highest BCUT2D eigenvalue weighted by Gasteiger charge is 2.17. The van der Waals surface area contributed by atoms with E-state index in [1.54, 1.807) is 12.1 Å². The van der Waals surface area contributed by atoms with Crippen molar-refractivity contribution in [1.29, 1.82) is 0 Å². The van der Waals surface area contributed by atoms with Crippen molar-refractivity contribution >= 4 is 96.4 Å². The minimum absolute atomic E-state index is 0.136. The lowest BCUT2D eigenvalue weighted by atomic mass is 10.1. The molecule has 0 aliphatic rings. The molecule has 0 spiro atoms. The Kier molecular flexibility index (Phi) is 7.76. The van der Waals surface area contributed by atoms with Gasteiger partial charge < -0.3 is 15.6 Å². The molecule has 0 radical (unpaired) electrons. The predicted molar refractivity (Wildman–Crippen MR) is 123 cm³/mol. The SMILES string of the molecule is N[C@@H](Cc1cc(I)c(Oc2cc(I)c(O)c(I)c2)c(I)c1)C(=O)F. The average Bonchev–Trinajstić information content (AvgIpc) is 2.48. The number of halogens is 5. The molecule has 128 valence electrons. The highest BCUT2D eigenvalue weighted by atomic mass is 127. The smallest absolute Gasteiger partial charge is 0.318 e. The molecule has 4 nitrogen and oxygen atoms in total. The summed E-state index contributed by atoms with van der Waals surface area (Å²) in [5.74, 6) is 1.51. The number of carbonyl (C=O) groups is 1. The summed E-state index contributed by atoms with van der Waals surface area (Å²) >= 11 is 8.33. The lowest BCUT2D eigenvalue weighted by molar-refractivity contribution is -0.130. The molecule has 3 N–H and O–H groups in total. The van der Waals surface area contributed by atoms with Crippen LogP contribution in [0.2, 0.25) is 0 Å². The molecule has 0 fully saturated rings. The molecule has 2 aromatic carbocycles. The summed E-state index contributed by atoms with van der Waals surface area (Å²) in [6.45, 7) is 0. The topological polar surface area (TPSA) is 72.6 Å². The van der Waals surface area contributed by atoms with Gasteiger partial charge >= 0.3 is 6.04 Å². The summed E-state index contributed by atoms with van der Waals surface area (Å²) in [6, 6.07) is 4.46. The van der Waals surface area contributed by atoms with Gasteiger partial charge in [0.25, 0.3) is 0 Å². The van der Waals surface area contributed by atoms with E-state index in [-0.39, 0.29) is 12.2 Å². The van der Waals surface area contributed by atoms with Gasteiger partial charge in [-0.15, -0.1) is 0 Å². The number of benzene rings is 2. The van der Waals surface area contributed by atoms with Gasteiger partial charge in [-0.2, -0.15) is 4.39 Å². The van der Waals surface area contributed by atoms with Crippen molar-refractivity contribution in [2.24, 2.45) is 5.73 Å². The third kappa shape index (κ3) is 5.26. The van der Waals surface area contributed by atoms with Gasteiger partial charge in [-0.05, 0) is 127 Å². The second-order valence-corrected chi connectivity index (χ2v) is 9.49. The van der Waals surface area contributed by atoms with Crippen LogP contribution in [-0.2, 0) is 11.2 Å². The molecule has 24 heavy (non-hydrogen) atoms. The third-order valence-corrected chi connectivity index (χ3v) is 6.26. The van der Waals surface area contributed by atoms with Gasteiger partial charge in [0.15, 0.2) is 5.75 Å². The Balaban J connectivity index is 2.30. The number of hydrogen-bond donors (Lipinski definition) is 2. The van der Waals surface area contributed by atoms with Crippen molar-refractivity contribution in [2.45, 2.75) is 12.5 Å². The first-order valence-corrected chi connectivity index (χ1v) is 10.8. The highest BCUT2D eigenvalue weighted by Crippen LogP contribution is 2.36. The molecule has 0 aromatic heterocycles. The first kappa shape index (κ1) is 20.8. The molecule has 0 saturated heterocycles. The van der Waals surface area contributed by atoms with Gasteiger partial charge in [0, 0.05) is 0 Å². The Hall–Kier alpha value is 0.520. The van der Waals surface area contributed by atoms with E-state index >= 15 is 0 Å². The predicted octanol–water partition coefficient (Wildman–Crippen LogP) is 4.97. The molecule has 0 saturated carbocycles. The minimum atomic E-state index is -1.52. The van der Waals surface area contributed by atoms with E-state index in [2.05, 4.69) is 45.2 Å². The van der Waals surface area contributed by atoms with Crippen LogP contribution in [0.25, 0.3) is 0 Å². The van der Waals surface area contributed by atoms with Crippen molar-refractivity contribution in [3.05, 3.63) is 44.1 Å². The third-order valence-electron chi connectivity index (χ3n) is 3.02. The second-order valence-electron chi connectivity index (χ2n) is 4.84. The van der Waals surface area contributed by atoms with Gasteiger partial charge in [-0.25, -0.2) is 0 Å². The summed E-state index contributed by atoms with van der Waals surface area (Å²) in [5.41, 5.74) is 6.24. The van der Waals surface area contributed by atoms with Crippen LogP contribution in [0.1, 0.15) is 5.56 Å². The number of hydrogen-bond acceptors (Lipinski definition) is 4. The van der Waals surface area contributed by atoms with E-state index in [0.717, 1.165) is 12.7 Å². The first-order chi connectivity index (χ1) is 11.2. The minimum Gasteiger partial charge on any atom is -0.506 e. The zero-order valence-electron chi connectivity index (χ0n) is 11.8. The molecule has 0 aliphatic heterocycles. The molecule has 0 bridgehead atoms. The molecule has 9 heteroatoms. The number of aromatic hydroxyl groups is 1. The Bertz CT molecular complexity index is 754. The lowest BCUT2D eigenvalue weighted by Crippen LogP contribution is -2.29. The van der Waals surface area contributed by atoms with Crippen LogP contribution in [0.15, 0.2) is 24.3 Å². The van der Waals surface area contributed by atoms with Crippen molar-refractivity contribution in [2.75, 3.05) is 0 Å². The standard InChI is InChI=1S/C15H10FI4NO3/c16-15(23)12(21)3-6-1-10(19)14(11(20)2-6)24-7-4-8(17)13(22)9(18)5-7/h1-2,4-5,12,22H,3,21H2/t12-/m0/s1. The number of carbonyl (C=O) groups excluding carboxylic acids is 1. The van der Waals surface area contributed by atoms with Crippen molar-refractivity contribution in [1.82, 2.24) is 0 Å². The Morgan fingerprint density at radius 2 is 1.58 bits per heavy atom. The number of phenolic OH excluding ortho intramolecular Hbond substituents is 1. The fourth-order valence-electron chi connectivity index (χ4n) is 1.88. The van der Waals surface area contributed by atoms with Crippen molar-refractivity contribution in [3.63, 3.8) is 0 Å². The Labute approximate surface area is 192 Å². The van der Waals surface area contributed by atoms with Crippen LogP contribution in [-0.4, -0.2) is 17.2 Å². The number of phenols is 1. The highest BCUT2D eigenvalue weighted by molar-refractivity contribution is 14.1. The van der Waals surface area contributed by atoms with E-state index in [9.17, 15) is 14.3 Å². The van der Waals surface area contributed by atoms with E-state index in [0.29, 0.717) is 18.6 Å². The van der Waals surface area contributed by atoms with Crippen LogP contribution >= 0.6 is 90.4 Å². The lowest BCUT2D eigenvalue weighted by Gasteiger charge is -2.14. The number of ether oxygens (including phenoxy) is 1. The molecule has 2 rings (SSSR count). The van der Waals surface area contributed by atoms with Gasteiger partial charge in [0.1, 0.15) is 17.5 Å². The maximum Gasteiger partial charge on any atom is 0.318 e. The largest absolute Gasteiger partial charge is 0.506 e. The maximum absolute atomic E-state index is 12.6. The Morgan fingerprint density at radius 1 is 1.08 bits per heavy atom. The van der Waals surface area contributed by atoms with Crippen LogP contribution in [0.4, 0.5) is 4.39 Å². The van der Waals surface area contributed by atoms with Gasteiger partial charge in [0.2, 0.25) is 0 Å². The normalized spacial score (nSPS) is 12.1. The molecule has 0 heterocycles. The second kappa shape index (κ2) is 8.94. The monoisotopic (exact) mass is 779 g/mol. The average molecular weight is 779 g/mol. The summed E-state index contributed by atoms with van der Waals surface area (Å²) < 4.78 is 21.6. The maximum atomic E-state index is 12.6. The van der Waals surface area contributed by atoms with E-state index < -0.39 is 12.1 Å². The molecule has 2 aromatic rings. The van der Waals surface area contributed by atoms with E-state index in [4.69, 9.17) is 10.5 Å². The molecule has 0 amide bonds. The molecular formula is C15H10FI4NO3. The van der Waals surface area contributed by atoms with Crippen LogP contribution in [0, 0.1) is 14.3 Å². The summed E-state index contributed by atoms with van der Waals surface area (Å²) in [6.07, 6.45) is 0.136. The summed E-state index contributed by atoms with van der Waals surface area (Å²) in [5, 5.41) is 9.83. The van der Waals surface area contributed by atoms with Gasteiger partial charge in [-0.1, -0.05) is 0 Å². The van der Waals surface area contributed by atoms with Crippen molar-refractivity contribution < 1.29 is 19.0 Å². The van der Waals surface area contributed by atoms with E-state index in [1.165, 1.54) is 0 Å². The number of nitrogens with two attached hydrogens (primary N) is 1. The zero-order valence-corrected chi connectivity index (χ0v) is 20.5. The molecular weight excluding hydrogens is 769 g/mol. The molecule has 0 unspecified atom stereocenters. The quantitative estimate of drug-likeness (QED) is 0.333. The van der Waals surface area contributed by atoms with Crippen molar-refractivity contribution in [3.8, 4) is 17.2 Å². The fourth-order valence-corrected chi connectivity index (χ4v) is 5.71. The fraction of sp³-hybridized carbons (Fsp3) is 0.133. The van der Waals surface area contributed by atoms with E-state index in [1.807, 2.05) is 57.3 Å². The van der Waals surface area contributed by atoms with Gasteiger partial charge in [0.05, 0.1) is 14.3 Å². The molecule has 0 aliphatic carbocycles. The van der Waals surface area contributed by atoms with Crippen LogP contribution in [0.3, 0.4) is 0 Å². The Morgan fingerprint density at radius 3 is 2.04 bits per heavy atom. The first-order valence-electron chi connectivity index (χ1n) is 6.47.